The highest BCUT2D eigenvalue weighted by Gasteiger charge is 2.15. The van der Waals surface area contributed by atoms with Crippen molar-refractivity contribution in [2.45, 2.75) is 19.9 Å². The molecule has 0 unspecified atom stereocenters. The maximum Gasteiger partial charge on any atom is 0.263 e. The molecule has 0 fully saturated rings. The maximum absolute atomic E-state index is 12.9. The molecular weight excluding hydrogens is 400 g/mol. The normalized spacial score (nSPS) is 11.5. The van der Waals surface area contributed by atoms with Crippen LogP contribution >= 0.6 is 0 Å². The number of carbonyl (C=O) groups is 1. The minimum absolute atomic E-state index is 0.106. The fraction of sp³-hybridized carbons (Fsp3) is 0.185. The van der Waals surface area contributed by atoms with Crippen LogP contribution in [0.2, 0.25) is 0 Å². The van der Waals surface area contributed by atoms with E-state index in [0.29, 0.717) is 24.6 Å². The van der Waals surface area contributed by atoms with E-state index in [9.17, 15) is 4.79 Å². The van der Waals surface area contributed by atoms with Crippen molar-refractivity contribution in [1.29, 1.82) is 0 Å². The van der Waals surface area contributed by atoms with Crippen molar-refractivity contribution in [2.24, 2.45) is 5.16 Å². The zero-order valence-electron chi connectivity index (χ0n) is 18.1. The molecule has 4 rings (SSSR count). The first-order chi connectivity index (χ1) is 15.7. The van der Waals surface area contributed by atoms with Crippen LogP contribution in [0.15, 0.2) is 101 Å². The number of rotatable bonds is 9. The Morgan fingerprint density at radius 2 is 1.56 bits per heavy atom. The zero-order valence-corrected chi connectivity index (χ0v) is 18.1. The first-order valence-electron chi connectivity index (χ1n) is 10.7. The first kappa shape index (κ1) is 21.4. The van der Waals surface area contributed by atoms with Crippen molar-refractivity contribution in [3.63, 3.8) is 0 Å². The highest BCUT2D eigenvalue weighted by molar-refractivity contribution is 5.99. The molecule has 4 aromatic rings. The van der Waals surface area contributed by atoms with Crippen LogP contribution in [0.5, 0.6) is 0 Å². The molecule has 1 aromatic heterocycles. The number of oxime groups is 1. The second-order valence-corrected chi connectivity index (χ2v) is 7.64. The summed E-state index contributed by atoms with van der Waals surface area (Å²) in [6.07, 6.45) is 0.778. The van der Waals surface area contributed by atoms with Gasteiger partial charge in [0.2, 0.25) is 0 Å². The first-order valence-corrected chi connectivity index (χ1v) is 10.7. The van der Waals surface area contributed by atoms with Crippen molar-refractivity contribution >= 4 is 22.6 Å². The van der Waals surface area contributed by atoms with E-state index >= 15 is 0 Å². The molecule has 0 N–H and O–H groups in total. The highest BCUT2D eigenvalue weighted by Crippen LogP contribution is 2.19. The van der Waals surface area contributed by atoms with E-state index in [1.165, 1.54) is 5.56 Å². The minimum Gasteiger partial charge on any atom is -0.455 e. The summed E-state index contributed by atoms with van der Waals surface area (Å²) < 4.78 is 5.80. The van der Waals surface area contributed by atoms with Gasteiger partial charge in [0.05, 0.1) is 0 Å². The van der Waals surface area contributed by atoms with Crippen molar-refractivity contribution in [3.8, 4) is 0 Å². The summed E-state index contributed by atoms with van der Waals surface area (Å²) in [7, 11) is 0. The summed E-state index contributed by atoms with van der Waals surface area (Å²) in [5.41, 5.74) is 3.66. The van der Waals surface area contributed by atoms with E-state index < -0.39 is 0 Å². The average Bonchev–Trinajstić information content (AvgIpc) is 3.27. The molecule has 5 heteroatoms. The molecule has 3 aromatic carbocycles. The van der Waals surface area contributed by atoms with Crippen molar-refractivity contribution in [1.82, 2.24) is 4.90 Å². The number of amides is 1. The highest BCUT2D eigenvalue weighted by atomic mass is 16.6. The van der Waals surface area contributed by atoms with Crippen molar-refractivity contribution in [2.75, 3.05) is 13.2 Å². The van der Waals surface area contributed by atoms with Crippen molar-refractivity contribution < 1.29 is 14.0 Å². The van der Waals surface area contributed by atoms with Gasteiger partial charge in [0.25, 0.3) is 5.91 Å². The Hall–Kier alpha value is -3.86. The third-order valence-electron chi connectivity index (χ3n) is 5.25. The smallest absolute Gasteiger partial charge is 0.263 e. The average molecular weight is 427 g/mol. The van der Waals surface area contributed by atoms with Gasteiger partial charge in [0.1, 0.15) is 11.3 Å². The third kappa shape index (κ3) is 5.64. The lowest BCUT2D eigenvalue weighted by atomic mass is 10.1. The van der Waals surface area contributed by atoms with Crippen LogP contribution in [0.1, 0.15) is 23.8 Å². The van der Waals surface area contributed by atoms with Gasteiger partial charge in [-0.3, -0.25) is 4.79 Å². The molecule has 0 aliphatic heterocycles. The number of nitrogens with zero attached hydrogens (tertiary/aromatic N) is 2. The van der Waals surface area contributed by atoms with Crippen LogP contribution in [0, 0.1) is 0 Å². The SMILES string of the molecule is CC(=NOCC(=O)N(CCc1ccccc1)Cc1ccccc1)c1cc2ccccc2o1. The second kappa shape index (κ2) is 10.4. The number of benzene rings is 3. The minimum atomic E-state index is -0.126. The monoisotopic (exact) mass is 426 g/mol. The van der Waals surface area contributed by atoms with Gasteiger partial charge < -0.3 is 14.2 Å². The van der Waals surface area contributed by atoms with Gasteiger partial charge in [-0.05, 0) is 36.6 Å². The lowest BCUT2D eigenvalue weighted by Gasteiger charge is -2.22. The predicted octanol–water partition coefficient (Wildman–Crippen LogP) is 5.44. The molecule has 1 heterocycles. The van der Waals surface area contributed by atoms with Crippen LogP contribution in [-0.4, -0.2) is 29.7 Å². The zero-order chi connectivity index (χ0) is 22.2. The fourth-order valence-electron chi connectivity index (χ4n) is 3.49. The lowest BCUT2D eigenvalue weighted by molar-refractivity contribution is -0.136. The number of fused-ring (bicyclic) bond motifs is 1. The predicted molar refractivity (Wildman–Crippen MR) is 126 cm³/mol. The molecule has 0 radical (unpaired) electrons. The van der Waals surface area contributed by atoms with Gasteiger partial charge in [-0.15, -0.1) is 0 Å². The molecule has 0 aliphatic rings. The fourth-order valence-corrected chi connectivity index (χ4v) is 3.49. The number of para-hydroxylation sites is 1. The molecule has 0 spiro atoms. The summed E-state index contributed by atoms with van der Waals surface area (Å²) in [5.74, 6) is 0.523. The Morgan fingerprint density at radius 1 is 0.906 bits per heavy atom. The molecule has 162 valence electrons. The quantitative estimate of drug-likeness (QED) is 0.264. The van der Waals surface area contributed by atoms with E-state index in [1.54, 1.807) is 6.92 Å². The molecular formula is C27H26N2O3. The van der Waals surface area contributed by atoms with E-state index in [-0.39, 0.29) is 12.5 Å². The molecule has 5 nitrogen and oxygen atoms in total. The molecule has 0 bridgehead atoms. The Kier molecular flexibility index (Phi) is 6.98. The summed E-state index contributed by atoms with van der Waals surface area (Å²) in [6.45, 7) is 2.81. The summed E-state index contributed by atoms with van der Waals surface area (Å²) in [4.78, 5) is 20.2. The third-order valence-corrected chi connectivity index (χ3v) is 5.25. The number of carbonyl (C=O) groups excluding carboxylic acids is 1. The van der Waals surface area contributed by atoms with Crippen LogP contribution < -0.4 is 0 Å². The summed E-state index contributed by atoms with van der Waals surface area (Å²) in [6, 6.07) is 29.8. The molecule has 0 saturated heterocycles. The second-order valence-electron chi connectivity index (χ2n) is 7.64. The molecule has 0 atom stereocenters. The maximum atomic E-state index is 12.9. The molecule has 32 heavy (non-hydrogen) atoms. The van der Waals surface area contributed by atoms with Gasteiger partial charge in [-0.25, -0.2) is 0 Å². The van der Waals surface area contributed by atoms with Gasteiger partial charge in [-0.1, -0.05) is 84.0 Å². The summed E-state index contributed by atoms with van der Waals surface area (Å²) in [5, 5.41) is 5.12. The van der Waals surface area contributed by atoms with Crippen LogP contribution in [-0.2, 0) is 22.6 Å². The van der Waals surface area contributed by atoms with Gasteiger partial charge >= 0.3 is 0 Å². The Morgan fingerprint density at radius 3 is 2.28 bits per heavy atom. The van der Waals surface area contributed by atoms with E-state index in [2.05, 4.69) is 17.3 Å². The van der Waals surface area contributed by atoms with E-state index in [4.69, 9.17) is 9.25 Å². The van der Waals surface area contributed by atoms with Gasteiger partial charge in [-0.2, -0.15) is 0 Å². The molecule has 0 saturated carbocycles. The van der Waals surface area contributed by atoms with Gasteiger partial charge in [0, 0.05) is 18.5 Å². The number of furan rings is 1. The summed E-state index contributed by atoms with van der Waals surface area (Å²) >= 11 is 0. The van der Waals surface area contributed by atoms with Crippen LogP contribution in [0.3, 0.4) is 0 Å². The Bertz CT molecular complexity index is 1150. The standard InChI is InChI=1S/C27H26N2O3/c1-21(26-18-24-14-8-9-15-25(24)32-26)28-31-20-27(30)29(19-23-12-6-3-7-13-23)17-16-22-10-4-2-5-11-22/h2-15,18H,16-17,19-20H2,1H3. The Balaban J connectivity index is 1.39. The van der Waals surface area contributed by atoms with Gasteiger partial charge in [0.15, 0.2) is 12.4 Å². The van der Waals surface area contributed by atoms with Crippen molar-refractivity contribution in [3.05, 3.63) is 108 Å². The topological polar surface area (TPSA) is 55.0 Å². The van der Waals surface area contributed by atoms with E-state index in [0.717, 1.165) is 23.0 Å². The van der Waals surface area contributed by atoms with E-state index in [1.807, 2.05) is 83.8 Å². The largest absolute Gasteiger partial charge is 0.455 e. The molecule has 0 aliphatic carbocycles. The van der Waals surface area contributed by atoms with Crippen LogP contribution in [0.25, 0.3) is 11.0 Å². The Labute approximate surface area is 187 Å². The van der Waals surface area contributed by atoms with Crippen LogP contribution in [0.4, 0.5) is 0 Å². The number of hydrogen-bond acceptors (Lipinski definition) is 4. The lowest BCUT2D eigenvalue weighted by Crippen LogP contribution is -2.35. The number of hydrogen-bond donors (Lipinski definition) is 0. The molecule has 1 amide bonds.